The maximum absolute atomic E-state index is 12.9. The van der Waals surface area contributed by atoms with Gasteiger partial charge in [-0.15, -0.1) is 8.78 Å². The Balaban J connectivity index is 1.79. The average Bonchev–Trinajstić information content (AvgIpc) is 2.72. The highest BCUT2D eigenvalue weighted by Crippen LogP contribution is 2.42. The zero-order valence-corrected chi connectivity index (χ0v) is 10.3. The number of rotatable bonds is 2. The maximum Gasteiger partial charge on any atom is 0.586 e. The van der Waals surface area contributed by atoms with Gasteiger partial charge in [-0.1, -0.05) is 0 Å². The lowest BCUT2D eigenvalue weighted by molar-refractivity contribution is -0.286. The lowest BCUT2D eigenvalue weighted by Crippen LogP contribution is -2.25. The Hall–Kier alpha value is -2.90. The van der Waals surface area contributed by atoms with Gasteiger partial charge in [0.2, 0.25) is 0 Å². The summed E-state index contributed by atoms with van der Waals surface area (Å²) in [5.74, 6) is -0.999. The fourth-order valence-corrected chi connectivity index (χ4v) is 1.78. The first-order valence-corrected chi connectivity index (χ1v) is 5.78. The van der Waals surface area contributed by atoms with Crippen molar-refractivity contribution in [2.24, 2.45) is 0 Å². The van der Waals surface area contributed by atoms with E-state index in [1.807, 2.05) is 0 Å². The molecule has 21 heavy (non-hydrogen) atoms. The number of ether oxygens (including phenoxy) is 2. The number of nitrogens with one attached hydrogen (secondary N) is 1. The molecule has 0 aliphatic carbocycles. The Morgan fingerprint density at radius 1 is 1.19 bits per heavy atom. The van der Waals surface area contributed by atoms with Crippen LogP contribution in [-0.4, -0.2) is 22.3 Å². The Bertz CT molecular complexity index is 721. The summed E-state index contributed by atoms with van der Waals surface area (Å²) in [4.78, 5) is 15.6. The van der Waals surface area contributed by atoms with E-state index in [0.717, 1.165) is 0 Å². The van der Waals surface area contributed by atoms with Gasteiger partial charge in [0.05, 0.1) is 11.8 Å². The molecular formula is C13H8F2N2O4. The van der Waals surface area contributed by atoms with E-state index < -0.39 is 12.2 Å². The molecule has 8 heteroatoms. The van der Waals surface area contributed by atoms with Gasteiger partial charge in [-0.05, 0) is 18.2 Å². The lowest BCUT2D eigenvalue weighted by atomic mass is 10.2. The van der Waals surface area contributed by atoms with E-state index in [0.29, 0.717) is 0 Å². The second-order valence-electron chi connectivity index (χ2n) is 4.21. The summed E-state index contributed by atoms with van der Waals surface area (Å²) in [5.41, 5.74) is 0.362. The standard InChI is InChI=1S/C13H8F2N2O4/c14-13(15)20-10-2-1-8(4-11(10)21-13)17-12(19)7-3-9(18)6-16-5-7/h1-6,18H,(H,17,19). The van der Waals surface area contributed by atoms with Crippen LogP contribution in [0.15, 0.2) is 36.7 Å². The number of aromatic hydroxyl groups is 1. The SMILES string of the molecule is O=C(Nc1ccc2c(c1)OC(F)(F)O2)c1cncc(O)c1. The summed E-state index contributed by atoms with van der Waals surface area (Å²) in [5, 5.41) is 11.7. The molecule has 2 N–H and O–H groups in total. The quantitative estimate of drug-likeness (QED) is 0.888. The van der Waals surface area contributed by atoms with Gasteiger partial charge in [-0.25, -0.2) is 0 Å². The van der Waals surface area contributed by atoms with Crippen LogP contribution in [0.2, 0.25) is 0 Å². The van der Waals surface area contributed by atoms with Crippen LogP contribution in [0.25, 0.3) is 0 Å². The Morgan fingerprint density at radius 3 is 2.71 bits per heavy atom. The molecule has 1 amide bonds. The van der Waals surface area contributed by atoms with Crippen molar-refractivity contribution in [2.45, 2.75) is 6.29 Å². The number of alkyl halides is 2. The summed E-state index contributed by atoms with van der Waals surface area (Å²) < 4.78 is 34.3. The van der Waals surface area contributed by atoms with Gasteiger partial charge < -0.3 is 19.9 Å². The van der Waals surface area contributed by atoms with Crippen molar-refractivity contribution in [3.8, 4) is 17.2 Å². The number of carbonyl (C=O) groups is 1. The fourth-order valence-electron chi connectivity index (χ4n) is 1.78. The topological polar surface area (TPSA) is 80.7 Å². The molecule has 0 unspecified atom stereocenters. The maximum atomic E-state index is 12.9. The second kappa shape index (κ2) is 4.58. The van der Waals surface area contributed by atoms with Crippen LogP contribution in [0.4, 0.5) is 14.5 Å². The van der Waals surface area contributed by atoms with Gasteiger partial charge in [0.15, 0.2) is 11.5 Å². The van der Waals surface area contributed by atoms with E-state index in [4.69, 9.17) is 0 Å². The van der Waals surface area contributed by atoms with E-state index in [2.05, 4.69) is 19.8 Å². The van der Waals surface area contributed by atoms with Gasteiger partial charge in [-0.2, -0.15) is 0 Å². The van der Waals surface area contributed by atoms with Crippen LogP contribution < -0.4 is 14.8 Å². The van der Waals surface area contributed by atoms with Crippen molar-refractivity contribution >= 4 is 11.6 Å². The van der Waals surface area contributed by atoms with E-state index in [-0.39, 0.29) is 28.5 Å². The minimum atomic E-state index is -3.71. The molecule has 0 bridgehead atoms. The first kappa shape index (κ1) is 13.1. The molecule has 3 rings (SSSR count). The highest BCUT2D eigenvalue weighted by molar-refractivity contribution is 6.04. The number of amides is 1. The monoisotopic (exact) mass is 294 g/mol. The first-order chi connectivity index (χ1) is 9.93. The number of benzene rings is 1. The predicted octanol–water partition coefficient (Wildman–Crippen LogP) is 2.36. The Labute approximate surface area is 116 Å². The number of nitrogens with zero attached hydrogens (tertiary/aromatic N) is 1. The van der Waals surface area contributed by atoms with Gasteiger partial charge in [0.1, 0.15) is 5.75 Å². The molecule has 108 valence electrons. The Morgan fingerprint density at radius 2 is 1.95 bits per heavy atom. The predicted molar refractivity (Wildman–Crippen MR) is 66.5 cm³/mol. The molecule has 0 fully saturated rings. The molecule has 0 atom stereocenters. The minimum absolute atomic E-state index is 0.114. The molecule has 0 saturated carbocycles. The first-order valence-electron chi connectivity index (χ1n) is 5.78. The second-order valence-corrected chi connectivity index (χ2v) is 4.21. The summed E-state index contributed by atoms with van der Waals surface area (Å²) in [6.45, 7) is 0. The highest BCUT2D eigenvalue weighted by atomic mass is 19.3. The van der Waals surface area contributed by atoms with Crippen molar-refractivity contribution in [3.05, 3.63) is 42.2 Å². The number of aromatic nitrogens is 1. The molecule has 1 aromatic carbocycles. The van der Waals surface area contributed by atoms with Crippen LogP contribution >= 0.6 is 0 Å². The van der Waals surface area contributed by atoms with Crippen molar-refractivity contribution < 1.29 is 28.2 Å². The lowest BCUT2D eigenvalue weighted by Gasteiger charge is -2.06. The molecule has 0 saturated heterocycles. The molecule has 2 heterocycles. The fraction of sp³-hybridized carbons (Fsp3) is 0.0769. The van der Waals surface area contributed by atoms with E-state index in [9.17, 15) is 18.7 Å². The number of anilines is 1. The number of pyridine rings is 1. The van der Waals surface area contributed by atoms with Crippen LogP contribution in [0.1, 0.15) is 10.4 Å². The van der Waals surface area contributed by atoms with Crippen LogP contribution in [0.3, 0.4) is 0 Å². The van der Waals surface area contributed by atoms with Gasteiger partial charge in [0, 0.05) is 18.0 Å². The van der Waals surface area contributed by atoms with Crippen molar-refractivity contribution in [2.75, 3.05) is 5.32 Å². The van der Waals surface area contributed by atoms with Crippen LogP contribution in [-0.2, 0) is 0 Å². The van der Waals surface area contributed by atoms with Crippen molar-refractivity contribution in [3.63, 3.8) is 0 Å². The average molecular weight is 294 g/mol. The molecule has 0 radical (unpaired) electrons. The largest absolute Gasteiger partial charge is 0.586 e. The van der Waals surface area contributed by atoms with Gasteiger partial charge in [-0.3, -0.25) is 9.78 Å². The normalized spacial score (nSPS) is 14.8. The third-order valence-corrected chi connectivity index (χ3v) is 2.65. The molecule has 2 aromatic rings. The molecular weight excluding hydrogens is 286 g/mol. The van der Waals surface area contributed by atoms with Crippen molar-refractivity contribution in [1.29, 1.82) is 0 Å². The zero-order chi connectivity index (χ0) is 15.0. The summed E-state index contributed by atoms with van der Waals surface area (Å²) in [6, 6.07) is 5.08. The number of hydrogen-bond donors (Lipinski definition) is 2. The van der Waals surface area contributed by atoms with Crippen LogP contribution in [0, 0.1) is 0 Å². The van der Waals surface area contributed by atoms with E-state index in [1.165, 1.54) is 36.7 Å². The Kier molecular flexibility index (Phi) is 2.86. The number of hydrogen-bond acceptors (Lipinski definition) is 5. The number of carbonyl (C=O) groups excluding carboxylic acids is 1. The summed E-state index contributed by atoms with van der Waals surface area (Å²) in [6.07, 6.45) is -1.27. The summed E-state index contributed by atoms with van der Waals surface area (Å²) in [7, 11) is 0. The molecule has 0 spiro atoms. The summed E-state index contributed by atoms with van der Waals surface area (Å²) >= 11 is 0. The molecule has 1 aliphatic heterocycles. The highest BCUT2D eigenvalue weighted by Gasteiger charge is 2.43. The third kappa shape index (κ3) is 2.69. The molecule has 1 aromatic heterocycles. The molecule has 1 aliphatic rings. The molecule has 6 nitrogen and oxygen atoms in total. The number of halogens is 2. The van der Waals surface area contributed by atoms with Crippen LogP contribution in [0.5, 0.6) is 17.2 Å². The third-order valence-electron chi connectivity index (χ3n) is 2.65. The van der Waals surface area contributed by atoms with Gasteiger partial charge >= 0.3 is 6.29 Å². The number of fused-ring (bicyclic) bond motifs is 1. The van der Waals surface area contributed by atoms with E-state index >= 15 is 0 Å². The van der Waals surface area contributed by atoms with E-state index in [1.54, 1.807) is 0 Å². The smallest absolute Gasteiger partial charge is 0.506 e. The van der Waals surface area contributed by atoms with Crippen molar-refractivity contribution in [1.82, 2.24) is 4.98 Å². The van der Waals surface area contributed by atoms with Gasteiger partial charge in [0.25, 0.3) is 5.91 Å². The minimum Gasteiger partial charge on any atom is -0.506 e. The zero-order valence-electron chi connectivity index (χ0n) is 10.3.